The Morgan fingerprint density at radius 2 is 2.18 bits per heavy atom. The van der Waals surface area contributed by atoms with E-state index in [0.29, 0.717) is 17.3 Å². The van der Waals surface area contributed by atoms with Crippen molar-refractivity contribution in [2.75, 3.05) is 5.88 Å². The third kappa shape index (κ3) is 3.42. The zero-order chi connectivity index (χ0) is 13.2. The number of aliphatic carboxylic acids is 1. The number of thioether (sulfide) groups is 1. The highest BCUT2D eigenvalue weighted by Gasteiger charge is 2.39. The lowest BCUT2D eigenvalue weighted by Gasteiger charge is -2.27. The van der Waals surface area contributed by atoms with Crippen LogP contribution in [0.2, 0.25) is 0 Å². The van der Waals surface area contributed by atoms with Crippen molar-refractivity contribution in [2.24, 2.45) is 5.92 Å². The Morgan fingerprint density at radius 1 is 1.59 bits per heavy atom. The summed E-state index contributed by atoms with van der Waals surface area (Å²) in [5, 5.41) is 9.21. The van der Waals surface area contributed by atoms with Crippen LogP contribution in [-0.2, 0) is 9.59 Å². The summed E-state index contributed by atoms with van der Waals surface area (Å²) < 4.78 is 0. The average molecular weight is 275 g/mol. The van der Waals surface area contributed by atoms with E-state index in [-0.39, 0.29) is 17.0 Å². The number of carboxylic acids is 1. The maximum absolute atomic E-state index is 11.2. The van der Waals surface area contributed by atoms with Gasteiger partial charge in [-0.05, 0) is 6.92 Å². The second kappa shape index (κ2) is 5.82. The second-order valence-electron chi connectivity index (χ2n) is 4.40. The predicted molar refractivity (Wildman–Crippen MR) is 72.2 cm³/mol. The second-order valence-corrected chi connectivity index (χ2v) is 6.15. The third-order valence-corrected chi connectivity index (χ3v) is 4.66. The summed E-state index contributed by atoms with van der Waals surface area (Å²) in [4.78, 5) is 24.6. The van der Waals surface area contributed by atoms with Gasteiger partial charge in [-0.3, -0.25) is 0 Å². The van der Waals surface area contributed by atoms with Gasteiger partial charge in [0.05, 0.1) is 10.9 Å². The first-order valence-electron chi connectivity index (χ1n) is 5.49. The number of thiocarbonyl (C=S) groups is 1. The summed E-state index contributed by atoms with van der Waals surface area (Å²) in [5.41, 5.74) is 0. The Labute approximate surface area is 111 Å². The van der Waals surface area contributed by atoms with Crippen molar-refractivity contribution in [3.05, 3.63) is 0 Å². The molecule has 17 heavy (non-hydrogen) atoms. The Kier molecular flexibility index (Phi) is 4.94. The predicted octanol–water partition coefficient (Wildman–Crippen LogP) is 1.78. The van der Waals surface area contributed by atoms with Crippen molar-refractivity contribution in [2.45, 2.75) is 38.5 Å². The highest BCUT2D eigenvalue weighted by atomic mass is 32.2. The van der Waals surface area contributed by atoms with Gasteiger partial charge in [0, 0.05) is 17.6 Å². The van der Waals surface area contributed by atoms with Gasteiger partial charge in [0.1, 0.15) is 11.8 Å². The van der Waals surface area contributed by atoms with E-state index in [2.05, 4.69) is 0 Å². The van der Waals surface area contributed by atoms with Crippen LogP contribution in [0.15, 0.2) is 0 Å². The van der Waals surface area contributed by atoms with E-state index in [1.807, 2.05) is 13.8 Å². The lowest BCUT2D eigenvalue weighted by molar-refractivity contribution is -0.141. The number of carbonyl (C=O) groups is 2. The van der Waals surface area contributed by atoms with E-state index in [0.717, 1.165) is 0 Å². The van der Waals surface area contributed by atoms with Gasteiger partial charge in [-0.2, -0.15) is 0 Å². The van der Waals surface area contributed by atoms with Crippen LogP contribution in [0.1, 0.15) is 27.2 Å². The number of Topliss-reactive ketones (excluding diaryl/α,β-unsaturated/α-hetero) is 1. The highest BCUT2D eigenvalue weighted by molar-refractivity contribution is 8.00. The molecule has 96 valence electrons. The lowest BCUT2D eigenvalue weighted by atomic mass is 10.0. The number of hydrogen-bond acceptors (Lipinski definition) is 4. The first-order valence-corrected chi connectivity index (χ1v) is 6.94. The summed E-state index contributed by atoms with van der Waals surface area (Å²) in [6.45, 7) is 5.28. The first kappa shape index (κ1) is 14.4. The summed E-state index contributed by atoms with van der Waals surface area (Å²) >= 11 is 6.88. The molecule has 0 aliphatic carbocycles. The molecule has 1 heterocycles. The van der Waals surface area contributed by atoms with E-state index in [1.165, 1.54) is 6.92 Å². The quantitative estimate of drug-likeness (QED) is 0.789. The smallest absolute Gasteiger partial charge is 0.327 e. The van der Waals surface area contributed by atoms with Gasteiger partial charge >= 0.3 is 5.97 Å². The van der Waals surface area contributed by atoms with Crippen LogP contribution in [0, 0.1) is 5.92 Å². The topological polar surface area (TPSA) is 57.6 Å². The van der Waals surface area contributed by atoms with E-state index in [9.17, 15) is 14.7 Å². The largest absolute Gasteiger partial charge is 0.480 e. The summed E-state index contributed by atoms with van der Waals surface area (Å²) in [6, 6.07) is -0.568. The van der Waals surface area contributed by atoms with Crippen molar-refractivity contribution in [3.8, 4) is 0 Å². The molecule has 0 spiro atoms. The number of carbonyl (C=O) groups excluding carboxylic acids is 1. The van der Waals surface area contributed by atoms with Crippen LogP contribution < -0.4 is 0 Å². The highest BCUT2D eigenvalue weighted by Crippen LogP contribution is 2.31. The Hall–Kier alpha value is -0.620. The molecular formula is C11H17NO3S2. The van der Waals surface area contributed by atoms with Crippen molar-refractivity contribution >= 4 is 40.7 Å². The lowest BCUT2D eigenvalue weighted by Crippen LogP contribution is -2.45. The average Bonchev–Trinajstić information content (AvgIpc) is 2.57. The zero-order valence-electron chi connectivity index (χ0n) is 10.2. The molecule has 0 aromatic carbocycles. The van der Waals surface area contributed by atoms with Crippen LogP contribution in [0.5, 0.6) is 0 Å². The van der Waals surface area contributed by atoms with Crippen LogP contribution in [0.4, 0.5) is 0 Å². The fourth-order valence-corrected chi connectivity index (χ4v) is 3.44. The van der Waals surface area contributed by atoms with E-state index < -0.39 is 12.0 Å². The van der Waals surface area contributed by atoms with E-state index in [1.54, 1.807) is 16.7 Å². The molecule has 4 nitrogen and oxygen atoms in total. The fourth-order valence-electron chi connectivity index (χ4n) is 1.96. The standard InChI is InChI=1S/C11H17NO3S2/c1-6(4-7(2)13)10(16)12-5-17-8(3)9(12)11(14)15/h6,8-9H,4-5H2,1-3H3,(H,14,15). The minimum absolute atomic E-state index is 0.0231. The fraction of sp³-hybridized carbons (Fsp3) is 0.727. The molecule has 1 aliphatic rings. The monoisotopic (exact) mass is 275 g/mol. The molecule has 0 bridgehead atoms. The number of rotatable bonds is 4. The normalized spacial score (nSPS) is 25.7. The SMILES string of the molecule is CC(=O)CC(C)C(=S)N1CSC(C)C1C(=O)O. The molecule has 1 N–H and O–H groups in total. The molecule has 0 aromatic rings. The van der Waals surface area contributed by atoms with E-state index in [4.69, 9.17) is 12.2 Å². The summed E-state index contributed by atoms with van der Waals surface area (Å²) in [6.07, 6.45) is 0.376. The number of ketones is 1. The van der Waals surface area contributed by atoms with Gasteiger partial charge in [0.15, 0.2) is 0 Å². The molecule has 0 aromatic heterocycles. The molecule has 3 unspecified atom stereocenters. The van der Waals surface area contributed by atoms with Crippen LogP contribution in [-0.4, -0.2) is 43.9 Å². The van der Waals surface area contributed by atoms with Crippen molar-refractivity contribution in [1.82, 2.24) is 4.90 Å². The molecule has 1 fully saturated rings. The Bertz CT molecular complexity index is 346. The van der Waals surface area contributed by atoms with Gasteiger partial charge in [0.25, 0.3) is 0 Å². The maximum atomic E-state index is 11.2. The molecule has 1 rings (SSSR count). The molecular weight excluding hydrogens is 258 g/mol. The van der Waals surface area contributed by atoms with Crippen molar-refractivity contribution in [1.29, 1.82) is 0 Å². The number of hydrogen-bond donors (Lipinski definition) is 1. The number of nitrogens with zero attached hydrogens (tertiary/aromatic N) is 1. The molecule has 1 aliphatic heterocycles. The first-order chi connectivity index (χ1) is 7.84. The Balaban J connectivity index is 2.75. The molecule has 1 saturated heterocycles. The third-order valence-electron chi connectivity index (χ3n) is 2.81. The van der Waals surface area contributed by atoms with Crippen LogP contribution in [0.25, 0.3) is 0 Å². The summed E-state index contributed by atoms with van der Waals surface area (Å²) in [7, 11) is 0. The molecule has 0 amide bonds. The molecule has 0 radical (unpaired) electrons. The molecule has 3 atom stereocenters. The molecule has 6 heteroatoms. The van der Waals surface area contributed by atoms with Crippen molar-refractivity contribution in [3.63, 3.8) is 0 Å². The minimum atomic E-state index is -0.847. The van der Waals surface area contributed by atoms with Gasteiger partial charge in [-0.25, -0.2) is 4.79 Å². The van der Waals surface area contributed by atoms with Crippen molar-refractivity contribution < 1.29 is 14.7 Å². The van der Waals surface area contributed by atoms with Gasteiger partial charge in [-0.15, -0.1) is 11.8 Å². The minimum Gasteiger partial charge on any atom is -0.480 e. The van der Waals surface area contributed by atoms with Gasteiger partial charge in [0.2, 0.25) is 0 Å². The zero-order valence-corrected chi connectivity index (χ0v) is 11.8. The van der Waals surface area contributed by atoms with Gasteiger partial charge in [-0.1, -0.05) is 26.1 Å². The summed E-state index contributed by atoms with van der Waals surface area (Å²) in [5.74, 6) is -0.249. The Morgan fingerprint density at radius 3 is 2.65 bits per heavy atom. The van der Waals surface area contributed by atoms with Crippen LogP contribution in [0.3, 0.4) is 0 Å². The molecule has 0 saturated carbocycles. The maximum Gasteiger partial charge on any atom is 0.327 e. The van der Waals surface area contributed by atoms with Crippen LogP contribution >= 0.6 is 24.0 Å². The van der Waals surface area contributed by atoms with Gasteiger partial charge < -0.3 is 14.8 Å². The number of carboxylic acid groups (broad SMARTS) is 1. The van der Waals surface area contributed by atoms with E-state index >= 15 is 0 Å².